The largest absolute Gasteiger partial charge is 0.392 e. The summed E-state index contributed by atoms with van der Waals surface area (Å²) in [6.45, 7) is 7.50. The second-order valence-electron chi connectivity index (χ2n) is 10.1. The SMILES string of the molecule is CC#CC[C@@H](C)[C@H](O)/C=C/[C@@H]1[C@H]2C/C(=C/CCCC(=O)N3CCN(C)CC3)C[C@H]2C[C@H]1O. The van der Waals surface area contributed by atoms with E-state index in [9.17, 15) is 15.0 Å². The van der Waals surface area contributed by atoms with Gasteiger partial charge in [0, 0.05) is 44.9 Å². The summed E-state index contributed by atoms with van der Waals surface area (Å²) in [5.74, 6) is 7.45. The first-order valence-electron chi connectivity index (χ1n) is 12.5. The number of aliphatic hydroxyl groups excluding tert-OH is 2. The van der Waals surface area contributed by atoms with Crippen LogP contribution in [0.25, 0.3) is 0 Å². The zero-order chi connectivity index (χ0) is 23.1. The highest BCUT2D eigenvalue weighted by molar-refractivity contribution is 5.76. The average molecular weight is 443 g/mol. The van der Waals surface area contributed by atoms with Crippen LogP contribution in [0.1, 0.15) is 58.8 Å². The number of hydrogen-bond acceptors (Lipinski definition) is 4. The molecule has 3 fully saturated rings. The molecule has 2 N–H and O–H groups in total. The number of unbranched alkanes of at least 4 members (excludes halogenated alkanes) is 1. The molecule has 0 bridgehead atoms. The van der Waals surface area contributed by atoms with Crippen molar-refractivity contribution < 1.29 is 15.0 Å². The van der Waals surface area contributed by atoms with Crippen LogP contribution in [-0.4, -0.2) is 71.4 Å². The molecule has 32 heavy (non-hydrogen) atoms. The van der Waals surface area contributed by atoms with E-state index in [1.807, 2.05) is 24.8 Å². The predicted molar refractivity (Wildman–Crippen MR) is 129 cm³/mol. The van der Waals surface area contributed by atoms with Gasteiger partial charge in [0.05, 0.1) is 12.2 Å². The highest BCUT2D eigenvalue weighted by Crippen LogP contribution is 2.50. The fourth-order valence-electron chi connectivity index (χ4n) is 5.53. The highest BCUT2D eigenvalue weighted by Gasteiger charge is 2.45. The molecule has 1 aliphatic heterocycles. The predicted octanol–water partition coefficient (Wildman–Crippen LogP) is 3.23. The summed E-state index contributed by atoms with van der Waals surface area (Å²) in [5.41, 5.74) is 1.49. The normalized spacial score (nSPS) is 31.5. The minimum Gasteiger partial charge on any atom is -0.392 e. The lowest BCUT2D eigenvalue weighted by molar-refractivity contribution is -0.132. The second-order valence-corrected chi connectivity index (χ2v) is 10.1. The molecule has 0 spiro atoms. The topological polar surface area (TPSA) is 64.0 Å². The Morgan fingerprint density at radius 3 is 2.72 bits per heavy atom. The van der Waals surface area contributed by atoms with Gasteiger partial charge in [-0.2, -0.15) is 0 Å². The van der Waals surface area contributed by atoms with Crippen molar-refractivity contribution in [2.45, 2.75) is 71.0 Å². The van der Waals surface area contributed by atoms with Crippen LogP contribution in [0.5, 0.6) is 0 Å². The van der Waals surface area contributed by atoms with Crippen LogP contribution in [0.4, 0.5) is 0 Å². The smallest absolute Gasteiger partial charge is 0.222 e. The molecule has 0 radical (unpaired) electrons. The van der Waals surface area contributed by atoms with E-state index in [2.05, 4.69) is 35.9 Å². The molecule has 1 heterocycles. The van der Waals surface area contributed by atoms with Crippen LogP contribution < -0.4 is 0 Å². The first kappa shape index (κ1) is 25.0. The van der Waals surface area contributed by atoms with Crippen molar-refractivity contribution in [2.24, 2.45) is 23.7 Å². The van der Waals surface area contributed by atoms with Crippen molar-refractivity contribution in [1.29, 1.82) is 0 Å². The number of likely N-dealkylation sites (N-methyl/N-ethyl adjacent to an activating group) is 1. The minimum absolute atomic E-state index is 0.0978. The minimum atomic E-state index is -0.517. The number of piperazine rings is 1. The number of rotatable bonds is 8. The van der Waals surface area contributed by atoms with Crippen molar-refractivity contribution in [1.82, 2.24) is 9.80 Å². The lowest BCUT2D eigenvalue weighted by Gasteiger charge is -2.32. The molecule has 3 rings (SSSR count). The molecule has 6 atom stereocenters. The second kappa shape index (κ2) is 12.0. The summed E-state index contributed by atoms with van der Waals surface area (Å²) in [6.07, 6.45) is 11.6. The van der Waals surface area contributed by atoms with Gasteiger partial charge in [0.15, 0.2) is 0 Å². The van der Waals surface area contributed by atoms with Crippen molar-refractivity contribution in [3.05, 3.63) is 23.8 Å². The summed E-state index contributed by atoms with van der Waals surface area (Å²) in [5, 5.41) is 21.0. The monoisotopic (exact) mass is 442 g/mol. The van der Waals surface area contributed by atoms with Gasteiger partial charge < -0.3 is 20.0 Å². The van der Waals surface area contributed by atoms with E-state index < -0.39 is 6.10 Å². The third-order valence-corrected chi connectivity index (χ3v) is 7.71. The molecule has 5 nitrogen and oxygen atoms in total. The fourth-order valence-corrected chi connectivity index (χ4v) is 5.53. The summed E-state index contributed by atoms with van der Waals surface area (Å²) in [6, 6.07) is 0. The summed E-state index contributed by atoms with van der Waals surface area (Å²) < 4.78 is 0. The molecule has 178 valence electrons. The molecule has 5 heteroatoms. The molecule has 0 aromatic rings. The number of hydrogen-bond donors (Lipinski definition) is 2. The molecule has 1 saturated heterocycles. The van der Waals surface area contributed by atoms with Gasteiger partial charge >= 0.3 is 0 Å². The molecule has 1 amide bonds. The Bertz CT molecular complexity index is 742. The van der Waals surface area contributed by atoms with E-state index in [-0.39, 0.29) is 17.9 Å². The first-order valence-corrected chi connectivity index (χ1v) is 12.5. The lowest BCUT2D eigenvalue weighted by Crippen LogP contribution is -2.47. The Kier molecular flexibility index (Phi) is 9.40. The Morgan fingerprint density at radius 2 is 2.00 bits per heavy atom. The van der Waals surface area contributed by atoms with Crippen LogP contribution >= 0.6 is 0 Å². The summed E-state index contributed by atoms with van der Waals surface area (Å²) in [7, 11) is 2.11. The number of amides is 1. The standard InChI is InChI=1S/C27H42N2O3/c1-4-5-8-20(2)25(30)12-11-23-24-18-21(17-22(24)19-26(23)31)9-6-7-10-27(32)29-15-13-28(3)14-16-29/h9,11-12,20,22-26,30-31H,6-8,10,13-19H2,1-3H3/b12-11+,21-9+/t20-,22+,23-,24+,25-,26-/m1/s1. The van der Waals surface area contributed by atoms with Crippen LogP contribution in [0.2, 0.25) is 0 Å². The number of carbonyl (C=O) groups is 1. The van der Waals surface area contributed by atoms with Gasteiger partial charge in [-0.1, -0.05) is 30.7 Å². The Balaban J connectivity index is 1.43. The lowest BCUT2D eigenvalue weighted by atomic mass is 9.89. The van der Waals surface area contributed by atoms with Gasteiger partial charge in [-0.15, -0.1) is 11.8 Å². The molecule has 0 aromatic heterocycles. The number of nitrogens with zero attached hydrogens (tertiary/aromatic N) is 2. The first-order chi connectivity index (χ1) is 15.4. The summed E-state index contributed by atoms with van der Waals surface area (Å²) in [4.78, 5) is 16.7. The van der Waals surface area contributed by atoms with Crippen molar-refractivity contribution in [3.8, 4) is 11.8 Å². The van der Waals surface area contributed by atoms with Gasteiger partial charge in [-0.3, -0.25) is 4.79 Å². The van der Waals surface area contributed by atoms with E-state index in [0.717, 1.165) is 58.3 Å². The van der Waals surface area contributed by atoms with Gasteiger partial charge in [0.25, 0.3) is 0 Å². The molecule has 2 saturated carbocycles. The Hall–Kier alpha value is -1.61. The van der Waals surface area contributed by atoms with Crippen LogP contribution in [0.3, 0.4) is 0 Å². The number of aliphatic hydroxyl groups is 2. The van der Waals surface area contributed by atoms with Crippen LogP contribution in [0.15, 0.2) is 23.8 Å². The molecular weight excluding hydrogens is 400 g/mol. The average Bonchev–Trinajstić information content (AvgIpc) is 3.29. The molecule has 0 aromatic carbocycles. The molecular formula is C27H42N2O3. The third kappa shape index (κ3) is 6.70. The van der Waals surface area contributed by atoms with E-state index in [1.165, 1.54) is 5.57 Å². The van der Waals surface area contributed by atoms with Crippen LogP contribution in [0, 0.1) is 35.5 Å². The Labute approximate surface area is 194 Å². The van der Waals surface area contributed by atoms with Gasteiger partial charge in [-0.25, -0.2) is 0 Å². The molecule has 0 unspecified atom stereocenters. The van der Waals surface area contributed by atoms with Crippen molar-refractivity contribution >= 4 is 5.91 Å². The fraction of sp³-hybridized carbons (Fsp3) is 0.741. The number of carbonyl (C=O) groups excluding carboxylic acids is 1. The van der Waals surface area contributed by atoms with Gasteiger partial charge in [-0.05, 0) is 63.8 Å². The highest BCUT2D eigenvalue weighted by atomic mass is 16.3. The van der Waals surface area contributed by atoms with Crippen molar-refractivity contribution in [2.75, 3.05) is 33.2 Å². The van der Waals surface area contributed by atoms with E-state index >= 15 is 0 Å². The van der Waals surface area contributed by atoms with E-state index in [0.29, 0.717) is 30.6 Å². The summed E-state index contributed by atoms with van der Waals surface area (Å²) >= 11 is 0. The maximum atomic E-state index is 12.4. The van der Waals surface area contributed by atoms with Gasteiger partial charge in [0.1, 0.15) is 0 Å². The molecule has 3 aliphatic rings. The van der Waals surface area contributed by atoms with Crippen LogP contribution in [-0.2, 0) is 4.79 Å². The van der Waals surface area contributed by atoms with Gasteiger partial charge in [0.2, 0.25) is 5.91 Å². The number of fused-ring (bicyclic) bond motifs is 1. The molecule has 2 aliphatic carbocycles. The number of allylic oxidation sites excluding steroid dienone is 2. The third-order valence-electron chi connectivity index (χ3n) is 7.71. The maximum absolute atomic E-state index is 12.4. The quantitative estimate of drug-likeness (QED) is 0.344. The zero-order valence-electron chi connectivity index (χ0n) is 20.2. The Morgan fingerprint density at radius 1 is 1.25 bits per heavy atom. The van der Waals surface area contributed by atoms with Crippen molar-refractivity contribution in [3.63, 3.8) is 0 Å². The zero-order valence-corrected chi connectivity index (χ0v) is 20.2. The van der Waals surface area contributed by atoms with E-state index in [1.54, 1.807) is 0 Å². The maximum Gasteiger partial charge on any atom is 0.222 e. The van der Waals surface area contributed by atoms with E-state index in [4.69, 9.17) is 0 Å².